The van der Waals surface area contributed by atoms with Crippen molar-refractivity contribution in [3.05, 3.63) is 58.2 Å². The van der Waals surface area contributed by atoms with Crippen molar-refractivity contribution in [3.63, 3.8) is 0 Å². The average Bonchev–Trinajstić information content (AvgIpc) is 3.48. The van der Waals surface area contributed by atoms with Crippen LogP contribution >= 0.6 is 0 Å². The Kier molecular flexibility index (Phi) is 7.66. The summed E-state index contributed by atoms with van der Waals surface area (Å²) in [6.07, 6.45) is 7.50. The minimum Gasteiger partial charge on any atom is -0.451 e. The third-order valence-corrected chi connectivity index (χ3v) is 7.73. The number of nitrogens with zero attached hydrogens (tertiary/aromatic N) is 4. The van der Waals surface area contributed by atoms with E-state index in [1.54, 1.807) is 10.8 Å². The topological polar surface area (TPSA) is 113 Å². The Morgan fingerprint density at radius 1 is 1.31 bits per heavy atom. The van der Waals surface area contributed by atoms with Crippen molar-refractivity contribution in [2.75, 3.05) is 46.0 Å². The Hall–Kier alpha value is -2.79. The number of allylic oxidation sites excluding steroid dienone is 1. The molecule has 5 rings (SSSR count). The molecule has 10 heteroatoms. The number of ether oxygens (including phenoxy) is 1. The molecule has 0 unspecified atom stereocenters. The number of fused-ring (bicyclic) bond motifs is 4. The number of nitrogens with one attached hydrogen (secondary N) is 1. The Bertz CT molecular complexity index is 1120. The third kappa shape index (κ3) is 4.78. The zero-order valence-corrected chi connectivity index (χ0v) is 20.7. The molecule has 2 aromatic heterocycles. The SMILES string of the molecule is C/C=C\c1ccc2n(c1=O)C[C@@H]1[C@@H](CO)[C@H](C(=O)NCCCN3CCOCC3)[C@H]2N1Cc1cocn1. The van der Waals surface area contributed by atoms with Crippen molar-refractivity contribution in [3.8, 4) is 0 Å². The number of rotatable bonds is 9. The largest absolute Gasteiger partial charge is 0.451 e. The second-order valence-corrected chi connectivity index (χ2v) is 9.76. The van der Waals surface area contributed by atoms with E-state index in [2.05, 4.69) is 20.1 Å². The fraction of sp³-hybridized carbons (Fsp3) is 0.577. The Balaban J connectivity index is 1.39. The first-order chi connectivity index (χ1) is 17.6. The molecule has 0 radical (unpaired) electrons. The number of aliphatic hydroxyl groups is 1. The zero-order valence-electron chi connectivity index (χ0n) is 20.7. The number of morpholine rings is 1. The molecule has 0 spiro atoms. The summed E-state index contributed by atoms with van der Waals surface area (Å²) in [4.78, 5) is 35.7. The van der Waals surface area contributed by atoms with E-state index in [0.29, 0.717) is 25.2 Å². The summed E-state index contributed by atoms with van der Waals surface area (Å²) in [5, 5.41) is 13.6. The van der Waals surface area contributed by atoms with Crippen LogP contribution in [0.25, 0.3) is 6.08 Å². The number of hydrogen-bond acceptors (Lipinski definition) is 8. The second-order valence-electron chi connectivity index (χ2n) is 9.76. The molecule has 2 N–H and O–H groups in total. The van der Waals surface area contributed by atoms with Gasteiger partial charge >= 0.3 is 0 Å². The predicted molar refractivity (Wildman–Crippen MR) is 133 cm³/mol. The highest BCUT2D eigenvalue weighted by Crippen LogP contribution is 2.48. The maximum absolute atomic E-state index is 13.6. The molecule has 2 saturated heterocycles. The Labute approximate surface area is 210 Å². The van der Waals surface area contributed by atoms with E-state index in [1.807, 2.05) is 31.2 Å². The average molecular weight is 498 g/mol. The van der Waals surface area contributed by atoms with E-state index in [1.165, 1.54) is 6.39 Å². The molecule has 0 aromatic carbocycles. The quantitative estimate of drug-likeness (QED) is 0.491. The summed E-state index contributed by atoms with van der Waals surface area (Å²) in [5.41, 5.74) is 2.12. The number of aromatic nitrogens is 2. The predicted octanol–water partition coefficient (Wildman–Crippen LogP) is 0.872. The maximum atomic E-state index is 13.6. The van der Waals surface area contributed by atoms with Gasteiger partial charge in [0.15, 0.2) is 6.39 Å². The van der Waals surface area contributed by atoms with Crippen LogP contribution in [-0.2, 0) is 22.6 Å². The summed E-state index contributed by atoms with van der Waals surface area (Å²) in [6, 6.07) is 3.26. The second kappa shape index (κ2) is 11.1. The Morgan fingerprint density at radius 2 is 2.14 bits per heavy atom. The van der Waals surface area contributed by atoms with Crippen LogP contribution in [0, 0.1) is 11.8 Å². The highest BCUT2D eigenvalue weighted by molar-refractivity contribution is 5.80. The third-order valence-electron chi connectivity index (χ3n) is 7.73. The van der Waals surface area contributed by atoms with Gasteiger partial charge in [-0.05, 0) is 32.0 Å². The lowest BCUT2D eigenvalue weighted by Crippen LogP contribution is -2.46. The highest BCUT2D eigenvalue weighted by atomic mass is 16.5. The molecule has 5 heterocycles. The fourth-order valence-corrected chi connectivity index (χ4v) is 6.02. The van der Waals surface area contributed by atoms with Gasteiger partial charge in [0, 0.05) is 62.5 Å². The molecule has 1 amide bonds. The molecule has 194 valence electrons. The van der Waals surface area contributed by atoms with E-state index < -0.39 is 5.92 Å². The fourth-order valence-electron chi connectivity index (χ4n) is 6.02. The number of oxazole rings is 1. The Morgan fingerprint density at radius 3 is 2.86 bits per heavy atom. The minimum absolute atomic E-state index is 0.0649. The summed E-state index contributed by atoms with van der Waals surface area (Å²) in [5.74, 6) is -0.853. The number of aliphatic hydroxyl groups excluding tert-OH is 1. The van der Waals surface area contributed by atoms with Gasteiger partial charge in [-0.2, -0.15) is 0 Å². The number of pyridine rings is 1. The molecule has 10 nitrogen and oxygen atoms in total. The van der Waals surface area contributed by atoms with Crippen molar-refractivity contribution in [2.24, 2.45) is 11.8 Å². The lowest BCUT2D eigenvalue weighted by Gasteiger charge is -2.37. The van der Waals surface area contributed by atoms with Crippen molar-refractivity contribution in [2.45, 2.75) is 38.5 Å². The van der Waals surface area contributed by atoms with Crippen LogP contribution in [0.4, 0.5) is 0 Å². The molecule has 2 fully saturated rings. The van der Waals surface area contributed by atoms with Gasteiger partial charge in [-0.25, -0.2) is 4.98 Å². The smallest absolute Gasteiger partial charge is 0.258 e. The molecule has 2 bridgehead atoms. The minimum atomic E-state index is -0.476. The van der Waals surface area contributed by atoms with Crippen LogP contribution in [-0.4, -0.2) is 82.4 Å². The molecular weight excluding hydrogens is 462 g/mol. The van der Waals surface area contributed by atoms with Gasteiger partial charge in [0.25, 0.3) is 5.56 Å². The normalized spacial score (nSPS) is 26.4. The van der Waals surface area contributed by atoms with E-state index in [-0.39, 0.29) is 36.1 Å². The van der Waals surface area contributed by atoms with E-state index >= 15 is 0 Å². The lowest BCUT2D eigenvalue weighted by atomic mass is 9.86. The molecule has 4 atom stereocenters. The molecule has 0 saturated carbocycles. The van der Waals surface area contributed by atoms with E-state index in [9.17, 15) is 14.7 Å². The van der Waals surface area contributed by atoms with E-state index in [4.69, 9.17) is 9.15 Å². The summed E-state index contributed by atoms with van der Waals surface area (Å²) >= 11 is 0. The van der Waals surface area contributed by atoms with Gasteiger partial charge in [-0.15, -0.1) is 0 Å². The first kappa shape index (κ1) is 24.9. The number of amides is 1. The maximum Gasteiger partial charge on any atom is 0.258 e. The van der Waals surface area contributed by atoms with Gasteiger partial charge < -0.3 is 24.1 Å². The summed E-state index contributed by atoms with van der Waals surface area (Å²) in [7, 11) is 0. The summed E-state index contributed by atoms with van der Waals surface area (Å²) < 4.78 is 12.4. The van der Waals surface area contributed by atoms with Gasteiger partial charge in [0.1, 0.15) is 6.26 Å². The van der Waals surface area contributed by atoms with Crippen LogP contribution in [0.5, 0.6) is 0 Å². The van der Waals surface area contributed by atoms with E-state index in [0.717, 1.165) is 50.7 Å². The monoisotopic (exact) mass is 497 g/mol. The first-order valence-electron chi connectivity index (χ1n) is 12.8. The number of carbonyl (C=O) groups excluding carboxylic acids is 1. The molecule has 3 aliphatic heterocycles. The van der Waals surface area contributed by atoms with Crippen molar-refractivity contribution < 1.29 is 19.1 Å². The van der Waals surface area contributed by atoms with Crippen molar-refractivity contribution in [1.29, 1.82) is 0 Å². The molecule has 3 aliphatic rings. The van der Waals surface area contributed by atoms with Crippen LogP contribution in [0.3, 0.4) is 0 Å². The first-order valence-corrected chi connectivity index (χ1v) is 12.8. The van der Waals surface area contributed by atoms with Gasteiger partial charge in [0.2, 0.25) is 5.91 Å². The van der Waals surface area contributed by atoms with Crippen LogP contribution in [0.15, 0.2) is 40.1 Å². The van der Waals surface area contributed by atoms with Crippen LogP contribution in [0.1, 0.15) is 36.3 Å². The molecular formula is C26H35N5O5. The number of carbonyl (C=O) groups is 1. The lowest BCUT2D eigenvalue weighted by molar-refractivity contribution is -0.127. The van der Waals surface area contributed by atoms with Gasteiger partial charge in [0.05, 0.1) is 30.9 Å². The van der Waals surface area contributed by atoms with Gasteiger partial charge in [-0.3, -0.25) is 19.4 Å². The van der Waals surface area contributed by atoms with Gasteiger partial charge in [-0.1, -0.05) is 12.2 Å². The summed E-state index contributed by atoms with van der Waals surface area (Å²) in [6.45, 7) is 7.48. The molecule has 0 aliphatic carbocycles. The highest BCUT2D eigenvalue weighted by Gasteiger charge is 2.55. The number of hydrogen-bond donors (Lipinski definition) is 2. The van der Waals surface area contributed by atoms with Crippen molar-refractivity contribution in [1.82, 2.24) is 24.7 Å². The molecule has 2 aromatic rings. The molecule has 36 heavy (non-hydrogen) atoms. The van der Waals surface area contributed by atoms with Crippen LogP contribution < -0.4 is 10.9 Å². The zero-order chi connectivity index (χ0) is 25.1. The van der Waals surface area contributed by atoms with Crippen molar-refractivity contribution >= 4 is 12.0 Å². The standard InChI is InChI=1S/C26H35N5O5/c1-2-4-18-5-6-21-24-23(25(33)27-7-3-8-29-9-11-35-12-10-29)20(15-32)22(14-31(21)26(18)34)30(24)13-19-16-36-17-28-19/h2,4-6,16-17,20,22-24,32H,3,7-15H2,1H3,(H,27,33)/b4-2-/t20-,22-,23+,24+/m1/s1. The van der Waals surface area contributed by atoms with Crippen LogP contribution in [0.2, 0.25) is 0 Å².